The van der Waals surface area contributed by atoms with Crippen LogP contribution in [0.5, 0.6) is 5.75 Å². The molecule has 0 bridgehead atoms. The number of hydrogen-bond acceptors (Lipinski definition) is 6. The summed E-state index contributed by atoms with van der Waals surface area (Å²) in [5, 5.41) is 3.59. The molecule has 1 N–H and O–H groups in total. The number of benzene rings is 1. The summed E-state index contributed by atoms with van der Waals surface area (Å²) in [5.74, 6) is 1.90. The molecule has 0 aliphatic carbocycles. The number of piperazine rings is 1. The van der Waals surface area contributed by atoms with Crippen LogP contribution in [-0.2, 0) is 13.0 Å². The van der Waals surface area contributed by atoms with Gasteiger partial charge in [0.05, 0.1) is 0 Å². The van der Waals surface area contributed by atoms with Crippen LogP contribution < -0.4 is 15.0 Å². The number of ether oxygens (including phenoxy) is 1. The van der Waals surface area contributed by atoms with Gasteiger partial charge in [-0.2, -0.15) is 0 Å². The lowest BCUT2D eigenvalue weighted by atomic mass is 10.0. The third-order valence-electron chi connectivity index (χ3n) is 5.49. The van der Waals surface area contributed by atoms with Crippen molar-refractivity contribution in [2.45, 2.75) is 38.8 Å². The third-order valence-corrected chi connectivity index (χ3v) is 5.49. The van der Waals surface area contributed by atoms with Gasteiger partial charge in [0, 0.05) is 51.5 Å². The monoisotopic (exact) mass is 381 g/mol. The van der Waals surface area contributed by atoms with Crippen LogP contribution in [-0.4, -0.2) is 59.7 Å². The molecule has 0 saturated carbocycles. The van der Waals surface area contributed by atoms with Crippen molar-refractivity contribution in [1.82, 2.24) is 20.2 Å². The summed E-state index contributed by atoms with van der Waals surface area (Å²) in [4.78, 5) is 13.5. The van der Waals surface area contributed by atoms with Gasteiger partial charge in [0.25, 0.3) is 0 Å². The molecule has 0 atom stereocenters. The van der Waals surface area contributed by atoms with Crippen molar-refractivity contribution in [3.05, 3.63) is 47.8 Å². The quantitative estimate of drug-likeness (QED) is 0.744. The fourth-order valence-electron chi connectivity index (χ4n) is 4.06. The number of hydrogen-bond donors (Lipinski definition) is 1. The summed E-state index contributed by atoms with van der Waals surface area (Å²) in [6, 6.07) is 8.46. The molecule has 150 valence electrons. The smallest absolute Gasteiger partial charge is 0.225 e. The average molecular weight is 382 g/mol. The lowest BCUT2D eigenvalue weighted by Gasteiger charge is -2.34. The molecule has 2 aromatic rings. The molecule has 2 aliphatic rings. The van der Waals surface area contributed by atoms with Crippen molar-refractivity contribution in [3.8, 4) is 5.75 Å². The summed E-state index contributed by atoms with van der Waals surface area (Å²) in [6.45, 7) is 11.6. The second kappa shape index (κ2) is 8.45. The van der Waals surface area contributed by atoms with E-state index < -0.39 is 0 Å². The van der Waals surface area contributed by atoms with E-state index in [2.05, 4.69) is 57.1 Å². The molecule has 1 aromatic heterocycles. The van der Waals surface area contributed by atoms with Gasteiger partial charge in [0.15, 0.2) is 0 Å². The second-order valence-corrected chi connectivity index (χ2v) is 8.39. The largest absolute Gasteiger partial charge is 0.487 e. The molecule has 1 aromatic carbocycles. The van der Waals surface area contributed by atoms with Crippen molar-refractivity contribution in [3.63, 3.8) is 0 Å². The molecule has 3 heterocycles. The van der Waals surface area contributed by atoms with E-state index in [1.807, 2.05) is 18.5 Å². The SMILES string of the molecule is CC1(C)Cc2cc(CNCCCN3CCN(c4ncccn4)CC3)ccc2O1. The fourth-order valence-corrected chi connectivity index (χ4v) is 4.06. The Labute approximate surface area is 167 Å². The normalized spacial score (nSPS) is 18.7. The fraction of sp³-hybridized carbons (Fsp3) is 0.545. The van der Waals surface area contributed by atoms with Crippen LogP contribution in [0.4, 0.5) is 5.95 Å². The third kappa shape index (κ3) is 4.80. The van der Waals surface area contributed by atoms with Crippen LogP contribution in [0.3, 0.4) is 0 Å². The Morgan fingerprint density at radius 3 is 2.68 bits per heavy atom. The highest BCUT2D eigenvalue weighted by Gasteiger charge is 2.29. The van der Waals surface area contributed by atoms with Crippen LogP contribution >= 0.6 is 0 Å². The summed E-state index contributed by atoms with van der Waals surface area (Å²) in [5.41, 5.74) is 2.62. The Morgan fingerprint density at radius 1 is 1.11 bits per heavy atom. The Morgan fingerprint density at radius 2 is 1.89 bits per heavy atom. The van der Waals surface area contributed by atoms with Crippen molar-refractivity contribution in [2.75, 3.05) is 44.2 Å². The number of anilines is 1. The molecule has 1 fully saturated rings. The number of rotatable bonds is 7. The van der Waals surface area contributed by atoms with E-state index in [1.54, 1.807) is 0 Å². The molecule has 1 saturated heterocycles. The Bertz CT molecular complexity index is 772. The Balaban J connectivity index is 1.13. The highest BCUT2D eigenvalue weighted by molar-refractivity contribution is 5.41. The summed E-state index contributed by atoms with van der Waals surface area (Å²) in [7, 11) is 0. The lowest BCUT2D eigenvalue weighted by molar-refractivity contribution is 0.138. The lowest BCUT2D eigenvalue weighted by Crippen LogP contribution is -2.47. The molecule has 0 spiro atoms. The van der Waals surface area contributed by atoms with Gasteiger partial charge in [0.1, 0.15) is 11.4 Å². The average Bonchev–Trinajstić information content (AvgIpc) is 3.02. The van der Waals surface area contributed by atoms with E-state index in [0.29, 0.717) is 0 Å². The second-order valence-electron chi connectivity index (χ2n) is 8.39. The highest BCUT2D eigenvalue weighted by Crippen LogP contribution is 2.35. The number of nitrogens with zero attached hydrogens (tertiary/aromatic N) is 4. The zero-order chi connectivity index (χ0) is 19.4. The van der Waals surface area contributed by atoms with E-state index in [1.165, 1.54) is 17.5 Å². The predicted molar refractivity (Wildman–Crippen MR) is 112 cm³/mol. The molecule has 6 heteroatoms. The van der Waals surface area contributed by atoms with Gasteiger partial charge in [-0.15, -0.1) is 0 Å². The molecule has 0 amide bonds. The number of nitrogens with one attached hydrogen (secondary N) is 1. The standard InChI is InChI=1S/C22H31N5O/c1-22(2)16-19-15-18(5-6-20(19)28-22)17-23-7-4-10-26-11-13-27(14-12-26)21-24-8-3-9-25-21/h3,5-6,8-9,15,23H,4,7,10-14,16-17H2,1-2H3. The number of aromatic nitrogens is 2. The minimum atomic E-state index is -0.0644. The molecule has 0 radical (unpaired) electrons. The van der Waals surface area contributed by atoms with Crippen LogP contribution in [0, 0.1) is 0 Å². The van der Waals surface area contributed by atoms with Gasteiger partial charge in [0.2, 0.25) is 5.95 Å². The van der Waals surface area contributed by atoms with E-state index in [4.69, 9.17) is 4.74 Å². The van der Waals surface area contributed by atoms with Crippen molar-refractivity contribution >= 4 is 5.95 Å². The summed E-state index contributed by atoms with van der Waals surface area (Å²) < 4.78 is 5.96. The summed E-state index contributed by atoms with van der Waals surface area (Å²) >= 11 is 0. The molecular weight excluding hydrogens is 350 g/mol. The predicted octanol–water partition coefficient (Wildman–Crippen LogP) is 2.49. The van der Waals surface area contributed by atoms with E-state index in [0.717, 1.165) is 63.9 Å². The molecule has 0 unspecified atom stereocenters. The van der Waals surface area contributed by atoms with Crippen LogP contribution in [0.2, 0.25) is 0 Å². The zero-order valence-corrected chi connectivity index (χ0v) is 17.0. The van der Waals surface area contributed by atoms with Gasteiger partial charge in [-0.3, -0.25) is 4.90 Å². The molecule has 4 rings (SSSR count). The van der Waals surface area contributed by atoms with Crippen molar-refractivity contribution < 1.29 is 4.74 Å². The maximum atomic E-state index is 5.96. The first-order chi connectivity index (χ1) is 13.6. The van der Waals surface area contributed by atoms with E-state index >= 15 is 0 Å². The minimum absolute atomic E-state index is 0.0644. The molecule has 2 aliphatic heterocycles. The first-order valence-corrected chi connectivity index (χ1v) is 10.3. The first kappa shape index (κ1) is 19.2. The van der Waals surface area contributed by atoms with Gasteiger partial charge in [-0.05, 0) is 56.6 Å². The van der Waals surface area contributed by atoms with Crippen LogP contribution in [0.15, 0.2) is 36.7 Å². The van der Waals surface area contributed by atoms with Gasteiger partial charge < -0.3 is 15.0 Å². The molecule has 28 heavy (non-hydrogen) atoms. The first-order valence-electron chi connectivity index (χ1n) is 10.3. The maximum absolute atomic E-state index is 5.96. The highest BCUT2D eigenvalue weighted by atomic mass is 16.5. The summed E-state index contributed by atoms with van der Waals surface area (Å²) in [6.07, 6.45) is 5.80. The Kier molecular flexibility index (Phi) is 5.78. The zero-order valence-electron chi connectivity index (χ0n) is 17.0. The van der Waals surface area contributed by atoms with E-state index in [-0.39, 0.29) is 5.60 Å². The van der Waals surface area contributed by atoms with Crippen LogP contribution in [0.1, 0.15) is 31.4 Å². The van der Waals surface area contributed by atoms with Crippen LogP contribution in [0.25, 0.3) is 0 Å². The van der Waals surface area contributed by atoms with Crippen molar-refractivity contribution in [2.24, 2.45) is 0 Å². The molecular formula is C22H31N5O. The number of fused-ring (bicyclic) bond motifs is 1. The molecule has 6 nitrogen and oxygen atoms in total. The van der Waals surface area contributed by atoms with Gasteiger partial charge >= 0.3 is 0 Å². The van der Waals surface area contributed by atoms with E-state index in [9.17, 15) is 0 Å². The van der Waals surface area contributed by atoms with Crippen molar-refractivity contribution in [1.29, 1.82) is 0 Å². The minimum Gasteiger partial charge on any atom is -0.487 e. The maximum Gasteiger partial charge on any atom is 0.225 e. The Hall–Kier alpha value is -2.18. The van der Waals surface area contributed by atoms with Gasteiger partial charge in [-0.1, -0.05) is 12.1 Å². The topological polar surface area (TPSA) is 53.5 Å². The van der Waals surface area contributed by atoms with Gasteiger partial charge in [-0.25, -0.2) is 9.97 Å².